The van der Waals surface area contributed by atoms with E-state index < -0.39 is 0 Å². The van der Waals surface area contributed by atoms with Gasteiger partial charge in [-0.3, -0.25) is 0 Å². The highest BCUT2D eigenvalue weighted by atomic mass is 14.9. The highest BCUT2D eigenvalue weighted by molar-refractivity contribution is 6.09. The zero-order valence-electron chi connectivity index (χ0n) is 23.1. The first-order valence-electron chi connectivity index (χ1n) is 14.5. The Morgan fingerprint density at radius 2 is 1.24 bits per heavy atom. The molecule has 0 bridgehead atoms. The van der Waals surface area contributed by atoms with Crippen molar-refractivity contribution >= 4 is 27.9 Å². The molecule has 1 heteroatoms. The number of benzene rings is 5. The molecular formula is C40H31N. The first-order chi connectivity index (χ1) is 20.3. The van der Waals surface area contributed by atoms with Crippen LogP contribution in [0.2, 0.25) is 0 Å². The molecule has 0 amide bonds. The number of hydrogen-bond acceptors (Lipinski definition) is 0. The molecule has 5 aromatic carbocycles. The predicted molar refractivity (Wildman–Crippen MR) is 173 cm³/mol. The lowest BCUT2D eigenvalue weighted by Crippen LogP contribution is -2.39. The van der Waals surface area contributed by atoms with Gasteiger partial charge in [0.2, 0.25) is 0 Å². The topological polar surface area (TPSA) is 4.93 Å². The molecule has 2 aliphatic carbocycles. The van der Waals surface area contributed by atoms with Crippen LogP contribution in [0, 0.1) is 5.92 Å². The van der Waals surface area contributed by atoms with E-state index in [2.05, 4.69) is 169 Å². The van der Waals surface area contributed by atoms with Crippen LogP contribution in [0.4, 0.5) is 0 Å². The number of aromatic nitrogens is 1. The van der Waals surface area contributed by atoms with Crippen molar-refractivity contribution in [3.05, 3.63) is 174 Å². The fourth-order valence-corrected chi connectivity index (χ4v) is 7.60. The first-order valence-corrected chi connectivity index (χ1v) is 14.5. The van der Waals surface area contributed by atoms with Crippen LogP contribution in [0.25, 0.3) is 39.0 Å². The van der Waals surface area contributed by atoms with Gasteiger partial charge in [0.1, 0.15) is 0 Å². The summed E-state index contributed by atoms with van der Waals surface area (Å²) in [6, 6.07) is 44.8. The largest absolute Gasteiger partial charge is 0.344 e. The second-order valence-corrected chi connectivity index (χ2v) is 11.4. The molecule has 0 saturated heterocycles. The number of aryl methyl sites for hydroxylation is 1. The average Bonchev–Trinajstić information content (AvgIpc) is 3.79. The Bertz CT molecular complexity index is 1950. The van der Waals surface area contributed by atoms with Crippen LogP contribution in [-0.4, -0.2) is 4.57 Å². The minimum absolute atomic E-state index is 0.181. The molecular weight excluding hydrogens is 494 g/mol. The number of nitrogens with zero attached hydrogens (tertiary/aromatic N) is 1. The Kier molecular flexibility index (Phi) is 5.47. The summed E-state index contributed by atoms with van der Waals surface area (Å²) in [5.41, 5.74) is 10.2. The maximum atomic E-state index is 2.46. The van der Waals surface area contributed by atoms with Crippen molar-refractivity contribution in [3.63, 3.8) is 0 Å². The van der Waals surface area contributed by atoms with Gasteiger partial charge in [0.05, 0.1) is 0 Å². The van der Waals surface area contributed by atoms with Crippen LogP contribution in [0.3, 0.4) is 0 Å². The van der Waals surface area contributed by atoms with Crippen LogP contribution in [-0.2, 0) is 12.5 Å². The van der Waals surface area contributed by atoms with Crippen molar-refractivity contribution < 1.29 is 0 Å². The summed E-state index contributed by atoms with van der Waals surface area (Å²) < 4.78 is 2.30. The molecule has 1 nitrogen and oxygen atoms in total. The number of rotatable bonds is 5. The zero-order chi connectivity index (χ0) is 27.4. The molecule has 1 aromatic heterocycles. The standard InChI is InChI=1S/C40H31N/c1-41-38-22-11-10-19-35(38)36-27-28(23-26-39(36)41)32-20-12-21-34-33(32)24-25-37(34)40(31-17-8-9-18-31,29-13-4-2-5-14-29)30-15-6-3-7-16-30/h2-27,31,37H,1H3. The Labute approximate surface area is 241 Å². The lowest BCUT2D eigenvalue weighted by atomic mass is 9.58. The molecule has 1 atom stereocenters. The number of fused-ring (bicyclic) bond motifs is 4. The van der Waals surface area contributed by atoms with Crippen LogP contribution < -0.4 is 0 Å². The summed E-state index contributed by atoms with van der Waals surface area (Å²) in [4.78, 5) is 0. The van der Waals surface area contributed by atoms with Crippen molar-refractivity contribution in [2.75, 3.05) is 0 Å². The second kappa shape index (κ2) is 9.35. The van der Waals surface area contributed by atoms with E-state index in [1.807, 2.05) is 0 Å². The van der Waals surface area contributed by atoms with Crippen molar-refractivity contribution in [1.29, 1.82) is 0 Å². The fraction of sp³-hybridized carbons (Fsp3) is 0.100. The van der Waals surface area contributed by atoms with Crippen LogP contribution in [0.5, 0.6) is 0 Å². The molecule has 0 N–H and O–H groups in total. The van der Waals surface area contributed by atoms with Crippen molar-refractivity contribution in [3.8, 4) is 11.1 Å². The van der Waals surface area contributed by atoms with Gasteiger partial charge in [-0.1, -0.05) is 140 Å². The zero-order valence-corrected chi connectivity index (χ0v) is 23.1. The highest BCUT2D eigenvalue weighted by Crippen LogP contribution is 2.56. The lowest BCUT2D eigenvalue weighted by Gasteiger charge is -2.44. The fourth-order valence-electron chi connectivity index (χ4n) is 7.60. The SMILES string of the molecule is Cn1c2ccccc2c2cc(-c3cccc4c3C=CC4C(c3ccccc3)(c3ccccc3)C3C=CC=C3)ccc21. The van der Waals surface area contributed by atoms with E-state index in [1.165, 1.54) is 55.2 Å². The van der Waals surface area contributed by atoms with Crippen molar-refractivity contribution in [2.24, 2.45) is 13.0 Å². The Morgan fingerprint density at radius 1 is 0.585 bits per heavy atom. The van der Waals surface area contributed by atoms with Gasteiger partial charge in [-0.15, -0.1) is 0 Å². The van der Waals surface area contributed by atoms with Gasteiger partial charge in [-0.25, -0.2) is 0 Å². The molecule has 0 aliphatic heterocycles. The third-order valence-electron chi connectivity index (χ3n) is 9.42. The molecule has 1 unspecified atom stereocenters. The molecule has 41 heavy (non-hydrogen) atoms. The molecule has 0 radical (unpaired) electrons. The summed E-state index contributed by atoms with van der Waals surface area (Å²) in [6.07, 6.45) is 14.0. The molecule has 6 aromatic rings. The maximum absolute atomic E-state index is 2.46. The van der Waals surface area contributed by atoms with Gasteiger partial charge >= 0.3 is 0 Å². The highest BCUT2D eigenvalue weighted by Gasteiger charge is 2.48. The maximum Gasteiger partial charge on any atom is 0.0489 e. The van der Waals surface area contributed by atoms with E-state index in [9.17, 15) is 0 Å². The Hall–Kier alpha value is -4.88. The van der Waals surface area contributed by atoms with E-state index in [0.717, 1.165) is 0 Å². The second-order valence-electron chi connectivity index (χ2n) is 11.4. The summed E-state index contributed by atoms with van der Waals surface area (Å²) in [7, 11) is 2.16. The third-order valence-corrected chi connectivity index (χ3v) is 9.42. The normalized spacial score (nSPS) is 16.3. The van der Waals surface area contributed by atoms with Crippen LogP contribution in [0.15, 0.2) is 152 Å². The average molecular weight is 526 g/mol. The Morgan fingerprint density at radius 3 is 1.98 bits per heavy atom. The van der Waals surface area contributed by atoms with Crippen molar-refractivity contribution in [2.45, 2.75) is 11.3 Å². The first kappa shape index (κ1) is 24.0. The number of para-hydroxylation sites is 1. The summed E-state index contributed by atoms with van der Waals surface area (Å²) in [5.74, 6) is 0.421. The van der Waals surface area contributed by atoms with Gasteiger partial charge in [-0.05, 0) is 51.6 Å². The molecule has 196 valence electrons. The van der Waals surface area contributed by atoms with Crippen LogP contribution >= 0.6 is 0 Å². The predicted octanol–water partition coefficient (Wildman–Crippen LogP) is 9.84. The molecule has 0 spiro atoms. The lowest BCUT2D eigenvalue weighted by molar-refractivity contribution is 0.401. The van der Waals surface area contributed by atoms with Gasteiger partial charge in [0, 0.05) is 46.1 Å². The van der Waals surface area contributed by atoms with E-state index >= 15 is 0 Å². The molecule has 0 fully saturated rings. The van der Waals surface area contributed by atoms with Crippen molar-refractivity contribution in [1.82, 2.24) is 4.57 Å². The molecule has 8 rings (SSSR count). The summed E-state index contributed by atoms with van der Waals surface area (Å²) in [6.45, 7) is 0. The monoisotopic (exact) mass is 525 g/mol. The Balaban J connectivity index is 1.35. The third kappa shape index (κ3) is 3.49. The van der Waals surface area contributed by atoms with Gasteiger partial charge in [-0.2, -0.15) is 0 Å². The van der Waals surface area contributed by atoms with Gasteiger partial charge < -0.3 is 4.57 Å². The molecule has 2 aliphatic rings. The quantitative estimate of drug-likeness (QED) is 0.211. The van der Waals surface area contributed by atoms with E-state index in [0.29, 0.717) is 0 Å². The van der Waals surface area contributed by atoms with E-state index in [1.54, 1.807) is 0 Å². The smallest absolute Gasteiger partial charge is 0.0489 e. The minimum Gasteiger partial charge on any atom is -0.344 e. The number of hydrogen-bond donors (Lipinski definition) is 0. The molecule has 0 saturated carbocycles. The van der Waals surface area contributed by atoms with E-state index in [4.69, 9.17) is 0 Å². The van der Waals surface area contributed by atoms with Gasteiger partial charge in [0.25, 0.3) is 0 Å². The minimum atomic E-state index is -0.272. The van der Waals surface area contributed by atoms with Crippen LogP contribution in [0.1, 0.15) is 28.2 Å². The van der Waals surface area contributed by atoms with E-state index in [-0.39, 0.29) is 17.3 Å². The number of allylic oxidation sites excluding steroid dienone is 5. The molecule has 1 heterocycles. The summed E-state index contributed by atoms with van der Waals surface area (Å²) in [5, 5.41) is 2.61. The summed E-state index contributed by atoms with van der Waals surface area (Å²) >= 11 is 0. The van der Waals surface area contributed by atoms with Gasteiger partial charge in [0.15, 0.2) is 0 Å².